The van der Waals surface area contributed by atoms with Gasteiger partial charge in [-0.25, -0.2) is 0 Å². The van der Waals surface area contributed by atoms with Crippen molar-refractivity contribution in [3.63, 3.8) is 0 Å². The zero-order valence-corrected chi connectivity index (χ0v) is 44.6. The number of nitrogens with zero attached hydrogens (tertiary/aromatic N) is 2. The molecule has 378 valence electrons. The molecule has 18 rings (SSSR count). The molecule has 82 heavy (non-hydrogen) atoms. The van der Waals surface area contributed by atoms with Crippen LogP contribution in [0.25, 0.3) is 177 Å². The van der Waals surface area contributed by atoms with Gasteiger partial charge >= 0.3 is 0 Å². The lowest BCUT2D eigenvalue weighted by atomic mass is 9.92. The monoisotopic (exact) mass is 1040 g/mol. The Bertz CT molecular complexity index is 5330. The molecular formula is C80H48N2. The summed E-state index contributed by atoms with van der Waals surface area (Å²) in [7, 11) is 0. The minimum atomic E-state index is 1.14. The van der Waals surface area contributed by atoms with Crippen LogP contribution in [0.4, 0.5) is 0 Å². The van der Waals surface area contributed by atoms with E-state index in [-0.39, 0.29) is 0 Å². The van der Waals surface area contributed by atoms with Crippen molar-refractivity contribution in [2.45, 2.75) is 0 Å². The van der Waals surface area contributed by atoms with Crippen molar-refractivity contribution in [1.29, 1.82) is 0 Å². The third-order valence-electron chi connectivity index (χ3n) is 18.0. The minimum absolute atomic E-state index is 1.14. The van der Waals surface area contributed by atoms with E-state index in [0.717, 1.165) is 5.69 Å². The van der Waals surface area contributed by atoms with Crippen LogP contribution in [-0.4, -0.2) is 9.13 Å². The van der Waals surface area contributed by atoms with E-state index < -0.39 is 0 Å². The zero-order valence-electron chi connectivity index (χ0n) is 44.6. The van der Waals surface area contributed by atoms with Crippen LogP contribution in [0.5, 0.6) is 0 Å². The van der Waals surface area contributed by atoms with Crippen LogP contribution in [0.2, 0.25) is 0 Å². The molecule has 14 aromatic carbocycles. The molecule has 2 nitrogen and oxygen atoms in total. The lowest BCUT2D eigenvalue weighted by Gasteiger charge is -2.13. The second-order valence-electron chi connectivity index (χ2n) is 22.3. The third kappa shape index (κ3) is 6.52. The number of rotatable bonds is 7. The first-order chi connectivity index (χ1) is 40.7. The normalized spacial score (nSPS) is 12.1. The molecule has 0 fully saturated rings. The first-order valence-corrected chi connectivity index (χ1v) is 28.5. The van der Waals surface area contributed by atoms with Crippen LogP contribution < -0.4 is 0 Å². The quantitative estimate of drug-likeness (QED) is 0.151. The molecule has 2 aliphatic carbocycles. The number of fused-ring (bicyclic) bond motifs is 12. The van der Waals surface area contributed by atoms with E-state index in [9.17, 15) is 0 Å². The van der Waals surface area contributed by atoms with Crippen molar-refractivity contribution in [3.8, 4) is 112 Å². The average molecular weight is 1040 g/mol. The van der Waals surface area contributed by atoms with E-state index in [1.54, 1.807) is 0 Å². The Hall–Kier alpha value is -10.8. The molecule has 2 heteroatoms. The van der Waals surface area contributed by atoms with Crippen LogP contribution in [0.1, 0.15) is 0 Å². The molecule has 16 aromatic rings. The molecule has 0 amide bonds. The first kappa shape index (κ1) is 45.1. The fourth-order valence-corrected chi connectivity index (χ4v) is 14.4. The largest absolute Gasteiger partial charge is 0.309 e. The van der Waals surface area contributed by atoms with E-state index in [2.05, 4.69) is 300 Å². The highest BCUT2D eigenvalue weighted by molar-refractivity contribution is 6.21. The van der Waals surface area contributed by atoms with Crippen LogP contribution in [0.3, 0.4) is 0 Å². The van der Waals surface area contributed by atoms with E-state index in [0.29, 0.717) is 0 Å². The lowest BCUT2D eigenvalue weighted by molar-refractivity contribution is 1.18. The van der Waals surface area contributed by atoms with Gasteiger partial charge < -0.3 is 9.13 Å². The van der Waals surface area contributed by atoms with Crippen molar-refractivity contribution in [1.82, 2.24) is 9.13 Å². The van der Waals surface area contributed by atoms with Gasteiger partial charge in [0.1, 0.15) is 0 Å². The summed E-state index contributed by atoms with van der Waals surface area (Å²) in [6, 6.07) is 108. The fraction of sp³-hybridized carbons (Fsp3) is 0. The molecule has 2 heterocycles. The zero-order chi connectivity index (χ0) is 53.6. The van der Waals surface area contributed by atoms with Crippen molar-refractivity contribution in [2.24, 2.45) is 0 Å². The summed E-state index contributed by atoms with van der Waals surface area (Å²) >= 11 is 0. The predicted octanol–water partition coefficient (Wildman–Crippen LogP) is 21.8. The molecule has 0 unspecified atom stereocenters. The Morgan fingerprint density at radius 1 is 0.159 bits per heavy atom. The van der Waals surface area contributed by atoms with Crippen molar-refractivity contribution >= 4 is 65.2 Å². The number of aromatic nitrogens is 2. The Balaban J connectivity index is 0.664. The number of hydrogen-bond donors (Lipinski definition) is 0. The Labute approximate surface area is 474 Å². The number of para-hydroxylation sites is 3. The summed E-state index contributed by atoms with van der Waals surface area (Å²) in [6.45, 7) is 0. The second kappa shape index (κ2) is 17.3. The molecule has 0 bridgehead atoms. The van der Waals surface area contributed by atoms with Gasteiger partial charge in [-0.1, -0.05) is 231 Å². The van der Waals surface area contributed by atoms with Gasteiger partial charge in [0.05, 0.1) is 22.1 Å². The summed E-state index contributed by atoms with van der Waals surface area (Å²) < 4.78 is 4.84. The third-order valence-corrected chi connectivity index (χ3v) is 18.0. The topological polar surface area (TPSA) is 9.86 Å². The SMILES string of the molecule is c1ccc(-n2c3ccccc3c3ccc(-c4ccc(-c5ccc6c7c(cccc57)-c5ccc(-c7ccc(-n8c9ccccc9c9c(-c%10cccc(-c%11ccc%12c%13c(cccc%11%13)-c%11ccccc%11-%12)c%10)cccc98)cc7)cc5-6)cc4)cc32)cc1. The van der Waals surface area contributed by atoms with Crippen LogP contribution >= 0.6 is 0 Å². The van der Waals surface area contributed by atoms with E-state index in [1.165, 1.54) is 171 Å². The van der Waals surface area contributed by atoms with Gasteiger partial charge in [0.25, 0.3) is 0 Å². The molecule has 0 saturated heterocycles. The molecule has 0 saturated carbocycles. The molecule has 0 spiro atoms. The summed E-state index contributed by atoms with van der Waals surface area (Å²) in [4.78, 5) is 0. The summed E-state index contributed by atoms with van der Waals surface area (Å²) in [5, 5.41) is 10.3. The van der Waals surface area contributed by atoms with Gasteiger partial charge in [0, 0.05) is 32.9 Å². The summed E-state index contributed by atoms with van der Waals surface area (Å²) in [5.41, 5.74) is 29.8. The molecule has 2 aromatic heterocycles. The van der Waals surface area contributed by atoms with Crippen LogP contribution in [-0.2, 0) is 0 Å². The molecule has 0 radical (unpaired) electrons. The van der Waals surface area contributed by atoms with E-state index in [1.807, 2.05) is 0 Å². The molecule has 0 aliphatic heterocycles. The van der Waals surface area contributed by atoms with Crippen LogP contribution in [0, 0.1) is 0 Å². The molecule has 0 atom stereocenters. The number of benzene rings is 14. The Kier molecular flexibility index (Phi) is 9.54. The fourth-order valence-electron chi connectivity index (χ4n) is 14.4. The second-order valence-corrected chi connectivity index (χ2v) is 22.3. The van der Waals surface area contributed by atoms with Gasteiger partial charge in [0.2, 0.25) is 0 Å². The highest BCUT2D eigenvalue weighted by Crippen LogP contribution is 2.52. The highest BCUT2D eigenvalue weighted by atomic mass is 15.0. The smallest absolute Gasteiger partial charge is 0.0547 e. The number of hydrogen-bond acceptors (Lipinski definition) is 0. The molecule has 2 aliphatic rings. The summed E-state index contributed by atoms with van der Waals surface area (Å²) in [6.07, 6.45) is 0. The average Bonchev–Trinajstić information content (AvgIpc) is 4.48. The van der Waals surface area contributed by atoms with Gasteiger partial charge in [-0.05, 0) is 182 Å². The van der Waals surface area contributed by atoms with Gasteiger partial charge in [0.15, 0.2) is 0 Å². The van der Waals surface area contributed by atoms with Gasteiger partial charge in [-0.3, -0.25) is 0 Å². The maximum atomic E-state index is 2.44. The van der Waals surface area contributed by atoms with E-state index in [4.69, 9.17) is 0 Å². The molecular weight excluding hydrogens is 989 g/mol. The minimum Gasteiger partial charge on any atom is -0.309 e. The maximum absolute atomic E-state index is 2.44. The van der Waals surface area contributed by atoms with Crippen LogP contribution in [0.15, 0.2) is 291 Å². The maximum Gasteiger partial charge on any atom is 0.0547 e. The Morgan fingerprint density at radius 2 is 0.573 bits per heavy atom. The van der Waals surface area contributed by atoms with Gasteiger partial charge in [-0.15, -0.1) is 0 Å². The molecule has 0 N–H and O–H groups in total. The lowest BCUT2D eigenvalue weighted by Crippen LogP contribution is -1.94. The van der Waals surface area contributed by atoms with E-state index >= 15 is 0 Å². The van der Waals surface area contributed by atoms with Gasteiger partial charge in [-0.2, -0.15) is 0 Å². The highest BCUT2D eigenvalue weighted by Gasteiger charge is 2.26. The Morgan fingerprint density at radius 3 is 1.30 bits per heavy atom. The van der Waals surface area contributed by atoms with Crippen molar-refractivity contribution < 1.29 is 0 Å². The predicted molar refractivity (Wildman–Crippen MR) is 346 cm³/mol. The van der Waals surface area contributed by atoms with Crippen molar-refractivity contribution in [3.05, 3.63) is 291 Å². The summed E-state index contributed by atoms with van der Waals surface area (Å²) in [5.74, 6) is 0. The van der Waals surface area contributed by atoms with Crippen molar-refractivity contribution in [2.75, 3.05) is 0 Å². The first-order valence-electron chi connectivity index (χ1n) is 28.5. The standard InChI is InChI=1S/C80H48N2/c1-2-16-56(17-3-1)82-74-27-8-6-20-64(74)65-41-37-53(48-77(65)82)49-30-32-51(33-31-49)58-42-45-71-73-47-52(36-40-63(73)69-26-11-23-66(58)79(69)71)50-34-38-57(39-35-50)81-75-28-9-7-21-72(75)80-60(22-13-29-76(80)81)55-15-10-14-54(46-55)59-43-44-70-62-19-5-4-18-61(62)68-25-12-24-67(59)78(68)70/h1-48H.